The molecule has 0 aliphatic rings. The highest BCUT2D eigenvalue weighted by Gasteiger charge is 2.14. The van der Waals surface area contributed by atoms with E-state index in [4.69, 9.17) is 13.1 Å². The second-order valence-electron chi connectivity index (χ2n) is 4.21. The van der Waals surface area contributed by atoms with Gasteiger partial charge in [0.2, 0.25) is 0 Å². The van der Waals surface area contributed by atoms with Gasteiger partial charge in [-0.05, 0) is 5.41 Å². The quantitative estimate of drug-likeness (QED) is 0.537. The Hall–Kier alpha value is -1.80. The molecule has 1 rings (SSSR count). The number of hydrogen-bond donors (Lipinski definition) is 0. The summed E-state index contributed by atoms with van der Waals surface area (Å²) in [5.41, 5.74) is 2.11. The summed E-state index contributed by atoms with van der Waals surface area (Å²) in [6.07, 6.45) is 0. The number of nitrogens with zero attached hydrogens (tertiary/aromatic N) is 2. The predicted octanol–water partition coefficient (Wildman–Crippen LogP) is 4.09. The molecule has 2 heteroatoms. The average molecular weight is 184 g/mol. The van der Waals surface area contributed by atoms with Crippen molar-refractivity contribution < 1.29 is 0 Å². The fraction of sp³-hybridized carbons (Fsp3) is 0.333. The van der Waals surface area contributed by atoms with Crippen molar-refractivity contribution in [3.8, 4) is 0 Å². The zero-order valence-corrected chi connectivity index (χ0v) is 8.63. The van der Waals surface area contributed by atoms with E-state index in [-0.39, 0.29) is 5.41 Å². The molecule has 70 valence electrons. The van der Waals surface area contributed by atoms with Crippen molar-refractivity contribution in [1.82, 2.24) is 0 Å². The number of rotatable bonds is 0. The summed E-state index contributed by atoms with van der Waals surface area (Å²) < 4.78 is 0. The molecule has 0 radical (unpaired) electrons. The van der Waals surface area contributed by atoms with E-state index in [1.54, 1.807) is 6.07 Å². The number of hydrogen-bond acceptors (Lipinski definition) is 0. The van der Waals surface area contributed by atoms with Crippen LogP contribution in [0.3, 0.4) is 0 Å². The topological polar surface area (TPSA) is 8.72 Å². The molecule has 0 bridgehead atoms. The van der Waals surface area contributed by atoms with E-state index in [1.165, 1.54) is 0 Å². The molecular formula is C12H12N2. The molecular weight excluding hydrogens is 172 g/mol. The monoisotopic (exact) mass is 184 g/mol. The van der Waals surface area contributed by atoms with Gasteiger partial charge < -0.3 is 0 Å². The zero-order valence-electron chi connectivity index (χ0n) is 8.63. The highest BCUT2D eigenvalue weighted by Crippen LogP contribution is 2.31. The van der Waals surface area contributed by atoms with Gasteiger partial charge in [0.25, 0.3) is 0 Å². The molecule has 0 heterocycles. The Bertz CT molecular complexity index is 393. The Balaban J connectivity index is 3.36. The lowest BCUT2D eigenvalue weighted by Crippen LogP contribution is -2.10. The van der Waals surface area contributed by atoms with Crippen LogP contribution in [0.5, 0.6) is 0 Å². The second kappa shape index (κ2) is 3.52. The van der Waals surface area contributed by atoms with Crippen LogP contribution in [-0.4, -0.2) is 0 Å². The smallest absolute Gasteiger partial charge is 0.177 e. The first kappa shape index (κ1) is 10.3. The Kier molecular flexibility index (Phi) is 2.58. The maximum absolute atomic E-state index is 6.94. The van der Waals surface area contributed by atoms with Crippen LogP contribution < -0.4 is 0 Å². The van der Waals surface area contributed by atoms with Gasteiger partial charge in [-0.15, -0.1) is 0 Å². The van der Waals surface area contributed by atoms with Gasteiger partial charge >= 0.3 is 0 Å². The summed E-state index contributed by atoms with van der Waals surface area (Å²) in [7, 11) is 0. The lowest BCUT2D eigenvalue weighted by Gasteiger charge is -2.19. The molecule has 0 unspecified atom stereocenters. The van der Waals surface area contributed by atoms with E-state index >= 15 is 0 Å². The Labute approximate surface area is 84.8 Å². The Morgan fingerprint density at radius 1 is 0.929 bits per heavy atom. The maximum Gasteiger partial charge on any atom is 0.177 e. The molecule has 0 amide bonds. The Morgan fingerprint density at radius 3 is 1.64 bits per heavy atom. The molecule has 14 heavy (non-hydrogen) atoms. The molecule has 2 nitrogen and oxygen atoms in total. The van der Waals surface area contributed by atoms with Gasteiger partial charge in [-0.1, -0.05) is 44.5 Å². The summed E-state index contributed by atoms with van der Waals surface area (Å²) in [6.45, 7) is 20.1. The van der Waals surface area contributed by atoms with Crippen LogP contribution in [0.1, 0.15) is 26.3 Å². The molecule has 0 N–H and O–H groups in total. The molecule has 0 aliphatic carbocycles. The van der Waals surface area contributed by atoms with Gasteiger partial charge in [0, 0.05) is 0 Å². The molecule has 0 atom stereocenters. The minimum atomic E-state index is -0.0137. The minimum absolute atomic E-state index is 0.0137. The fourth-order valence-electron chi connectivity index (χ4n) is 1.16. The zero-order chi connectivity index (χ0) is 10.8. The van der Waals surface area contributed by atoms with Gasteiger partial charge in [-0.3, -0.25) is 0 Å². The first-order chi connectivity index (χ1) is 6.47. The normalized spacial score (nSPS) is 10.4. The van der Waals surface area contributed by atoms with Crippen molar-refractivity contribution >= 4 is 11.4 Å². The van der Waals surface area contributed by atoms with Crippen LogP contribution in [0.2, 0.25) is 0 Å². The summed E-state index contributed by atoms with van der Waals surface area (Å²) in [5.74, 6) is 0. The van der Waals surface area contributed by atoms with Crippen LogP contribution in [0.4, 0.5) is 11.4 Å². The van der Waals surface area contributed by atoms with Crippen molar-refractivity contribution in [2.75, 3.05) is 0 Å². The molecule has 0 spiro atoms. The van der Waals surface area contributed by atoms with Gasteiger partial charge in [0.15, 0.2) is 11.4 Å². The highest BCUT2D eigenvalue weighted by molar-refractivity contribution is 5.61. The molecule has 0 saturated carbocycles. The van der Waals surface area contributed by atoms with E-state index in [0.29, 0.717) is 11.4 Å². The van der Waals surface area contributed by atoms with E-state index in [0.717, 1.165) is 5.56 Å². The molecule has 0 aliphatic heterocycles. The maximum atomic E-state index is 6.94. The van der Waals surface area contributed by atoms with Crippen molar-refractivity contribution in [2.45, 2.75) is 26.2 Å². The minimum Gasteiger partial charge on any atom is -0.239 e. The van der Waals surface area contributed by atoms with Gasteiger partial charge in [0.05, 0.1) is 13.1 Å². The van der Waals surface area contributed by atoms with E-state index in [2.05, 4.69) is 30.5 Å². The summed E-state index contributed by atoms with van der Waals surface area (Å²) in [5, 5.41) is 0. The molecule has 0 saturated heterocycles. The standard InChI is InChI=1S/C12H12N2/c1-12(2,3)9-6-10(13-4)8-11(7-9)14-5/h6-8H,1-3H3. The first-order valence-electron chi connectivity index (χ1n) is 4.38. The largest absolute Gasteiger partial charge is 0.239 e. The van der Waals surface area contributed by atoms with E-state index in [9.17, 15) is 0 Å². The molecule has 0 fully saturated rings. The summed E-state index contributed by atoms with van der Waals surface area (Å²) >= 11 is 0. The predicted molar refractivity (Wildman–Crippen MR) is 57.7 cm³/mol. The van der Waals surface area contributed by atoms with E-state index < -0.39 is 0 Å². The SMILES string of the molecule is [C-]#[N+]c1cc([N+]#[C-])cc(C(C)(C)C)c1. The third-order valence-corrected chi connectivity index (χ3v) is 2.03. The van der Waals surface area contributed by atoms with Gasteiger partial charge in [-0.2, -0.15) is 0 Å². The fourth-order valence-corrected chi connectivity index (χ4v) is 1.16. The number of benzene rings is 1. The lowest BCUT2D eigenvalue weighted by atomic mass is 9.86. The van der Waals surface area contributed by atoms with Crippen molar-refractivity contribution in [3.05, 3.63) is 46.6 Å². The molecule has 1 aromatic rings. The summed E-state index contributed by atoms with van der Waals surface area (Å²) in [6, 6.07) is 5.32. The van der Waals surface area contributed by atoms with Crippen molar-refractivity contribution in [1.29, 1.82) is 0 Å². The van der Waals surface area contributed by atoms with Crippen LogP contribution >= 0.6 is 0 Å². The average Bonchev–Trinajstić information content (AvgIpc) is 2.15. The van der Waals surface area contributed by atoms with Crippen LogP contribution in [0.25, 0.3) is 9.69 Å². The molecule has 0 aromatic heterocycles. The van der Waals surface area contributed by atoms with Gasteiger partial charge in [0.1, 0.15) is 0 Å². The van der Waals surface area contributed by atoms with E-state index in [1.807, 2.05) is 12.1 Å². The highest BCUT2D eigenvalue weighted by atomic mass is 14.7. The third kappa shape index (κ3) is 2.12. The lowest BCUT2D eigenvalue weighted by molar-refractivity contribution is 0.591. The van der Waals surface area contributed by atoms with Crippen LogP contribution in [-0.2, 0) is 5.41 Å². The Morgan fingerprint density at radius 2 is 1.36 bits per heavy atom. The van der Waals surface area contributed by atoms with Crippen molar-refractivity contribution in [2.24, 2.45) is 0 Å². The van der Waals surface area contributed by atoms with Crippen LogP contribution in [0, 0.1) is 13.1 Å². The van der Waals surface area contributed by atoms with Crippen molar-refractivity contribution in [3.63, 3.8) is 0 Å². The van der Waals surface area contributed by atoms with Gasteiger partial charge in [-0.25, -0.2) is 9.69 Å². The second-order valence-corrected chi connectivity index (χ2v) is 4.21. The first-order valence-corrected chi connectivity index (χ1v) is 4.38. The summed E-state index contributed by atoms with van der Waals surface area (Å²) in [4.78, 5) is 6.72. The third-order valence-electron chi connectivity index (χ3n) is 2.03. The van der Waals surface area contributed by atoms with Crippen LogP contribution in [0.15, 0.2) is 18.2 Å². The molecule has 1 aromatic carbocycles.